The van der Waals surface area contributed by atoms with Gasteiger partial charge in [-0.1, -0.05) is 50.1 Å². The molecule has 26 heavy (non-hydrogen) atoms. The van der Waals surface area contributed by atoms with Crippen LogP contribution in [0, 0.1) is 0 Å². The molecule has 1 heterocycles. The molecule has 0 aromatic heterocycles. The lowest BCUT2D eigenvalue weighted by Crippen LogP contribution is -2.45. The number of hydrogen-bond acceptors (Lipinski definition) is 6. The Morgan fingerprint density at radius 3 is 2.42 bits per heavy atom. The lowest BCUT2D eigenvalue weighted by Gasteiger charge is -2.19. The molecule has 140 valence electrons. The molecule has 1 fully saturated rings. The van der Waals surface area contributed by atoms with Crippen LogP contribution in [-0.2, 0) is 30.6 Å². The van der Waals surface area contributed by atoms with Crippen LogP contribution in [-0.4, -0.2) is 35.0 Å². The third kappa shape index (κ3) is 5.58. The lowest BCUT2D eigenvalue weighted by atomic mass is 10.1. The summed E-state index contributed by atoms with van der Waals surface area (Å²) in [6.07, 6.45) is 1.01. The zero-order valence-corrected chi connectivity index (χ0v) is 14.6. The van der Waals surface area contributed by atoms with E-state index in [1.165, 1.54) is 0 Å². The summed E-state index contributed by atoms with van der Waals surface area (Å²) in [5, 5.41) is 2.91. The Hall–Kier alpha value is -2.90. The molecular weight excluding hydrogens is 340 g/mol. The number of rotatable bonds is 8. The average Bonchev–Trinajstić information content (AvgIpc) is 2.96. The third-order valence-corrected chi connectivity index (χ3v) is 3.82. The van der Waals surface area contributed by atoms with Crippen molar-refractivity contribution in [2.75, 3.05) is 0 Å². The highest BCUT2D eigenvalue weighted by Crippen LogP contribution is 2.14. The van der Waals surface area contributed by atoms with Crippen LogP contribution in [0.4, 0.5) is 4.79 Å². The molecule has 1 aliphatic rings. The van der Waals surface area contributed by atoms with Gasteiger partial charge in [0.05, 0.1) is 0 Å². The molecule has 1 saturated heterocycles. The minimum Gasteiger partial charge on any atom is -0.445 e. The summed E-state index contributed by atoms with van der Waals surface area (Å²) in [5.41, 5.74) is 0.809. The van der Waals surface area contributed by atoms with Crippen LogP contribution in [0.25, 0.3) is 0 Å². The first-order valence-electron chi connectivity index (χ1n) is 8.56. The van der Waals surface area contributed by atoms with Crippen molar-refractivity contribution in [3.8, 4) is 0 Å². The fourth-order valence-electron chi connectivity index (χ4n) is 2.38. The number of imide groups is 1. The predicted octanol–water partition coefficient (Wildman–Crippen LogP) is 2.08. The van der Waals surface area contributed by atoms with E-state index < -0.39 is 29.9 Å². The first-order chi connectivity index (χ1) is 12.5. The first-order valence-corrected chi connectivity index (χ1v) is 8.56. The highest BCUT2D eigenvalue weighted by Gasteiger charge is 2.35. The van der Waals surface area contributed by atoms with E-state index in [1.54, 1.807) is 12.1 Å². The second kappa shape index (κ2) is 9.55. The van der Waals surface area contributed by atoms with Crippen molar-refractivity contribution in [2.24, 2.45) is 0 Å². The van der Waals surface area contributed by atoms with Crippen molar-refractivity contribution < 1.29 is 28.8 Å². The number of nitrogens with one attached hydrogen (secondary N) is 1. The fraction of sp³-hybridized carbons (Fsp3) is 0.444. The van der Waals surface area contributed by atoms with Gasteiger partial charge in [0.1, 0.15) is 12.6 Å². The van der Waals surface area contributed by atoms with Crippen LogP contribution in [0.3, 0.4) is 0 Å². The maximum atomic E-state index is 12.3. The van der Waals surface area contributed by atoms with Crippen LogP contribution >= 0.6 is 0 Å². The van der Waals surface area contributed by atoms with Gasteiger partial charge in [0.25, 0.3) is 11.8 Å². The number of ether oxygens (including phenoxy) is 1. The number of hydroxylamine groups is 2. The molecule has 0 bridgehead atoms. The number of amides is 3. The molecule has 3 amide bonds. The van der Waals surface area contributed by atoms with Gasteiger partial charge in [-0.3, -0.25) is 9.59 Å². The summed E-state index contributed by atoms with van der Waals surface area (Å²) in [7, 11) is 0. The van der Waals surface area contributed by atoms with Crippen LogP contribution < -0.4 is 5.32 Å². The number of benzene rings is 1. The summed E-state index contributed by atoms with van der Waals surface area (Å²) in [4.78, 5) is 52.2. The maximum absolute atomic E-state index is 12.3. The zero-order chi connectivity index (χ0) is 18.9. The van der Waals surface area contributed by atoms with Crippen LogP contribution in [0.15, 0.2) is 30.3 Å². The molecule has 1 atom stereocenters. The summed E-state index contributed by atoms with van der Waals surface area (Å²) in [6, 6.07) is 8.10. The Bertz CT molecular complexity index is 645. The Morgan fingerprint density at radius 2 is 1.81 bits per heavy atom. The fourth-order valence-corrected chi connectivity index (χ4v) is 2.38. The van der Waals surface area contributed by atoms with Gasteiger partial charge in [0.15, 0.2) is 0 Å². The van der Waals surface area contributed by atoms with E-state index in [0.717, 1.165) is 12.0 Å². The van der Waals surface area contributed by atoms with Gasteiger partial charge in [-0.15, -0.1) is 5.06 Å². The molecule has 8 nitrogen and oxygen atoms in total. The van der Waals surface area contributed by atoms with Crippen molar-refractivity contribution in [3.05, 3.63) is 35.9 Å². The minimum atomic E-state index is -1.00. The molecule has 1 aliphatic heterocycles. The number of carbonyl (C=O) groups is 4. The van der Waals surface area contributed by atoms with Crippen molar-refractivity contribution in [1.29, 1.82) is 0 Å². The highest BCUT2D eigenvalue weighted by molar-refractivity contribution is 6.01. The second-order valence-corrected chi connectivity index (χ2v) is 5.89. The van der Waals surface area contributed by atoms with Gasteiger partial charge >= 0.3 is 12.1 Å². The minimum absolute atomic E-state index is 0.0122. The van der Waals surface area contributed by atoms with E-state index in [1.807, 2.05) is 25.1 Å². The Labute approximate surface area is 151 Å². The zero-order valence-electron chi connectivity index (χ0n) is 14.6. The first kappa shape index (κ1) is 19.4. The number of unbranched alkanes of at least 4 members (excludes halogenated alkanes) is 1. The molecule has 2 rings (SSSR count). The van der Waals surface area contributed by atoms with Gasteiger partial charge in [0, 0.05) is 12.8 Å². The normalized spacial score (nSPS) is 14.9. The molecule has 0 saturated carbocycles. The smallest absolute Gasteiger partial charge is 0.408 e. The predicted molar refractivity (Wildman–Crippen MR) is 90.3 cm³/mol. The lowest BCUT2D eigenvalue weighted by molar-refractivity contribution is -0.199. The van der Waals surface area contributed by atoms with Crippen molar-refractivity contribution in [1.82, 2.24) is 10.4 Å². The monoisotopic (exact) mass is 362 g/mol. The van der Waals surface area contributed by atoms with E-state index in [0.29, 0.717) is 17.9 Å². The van der Waals surface area contributed by atoms with Crippen molar-refractivity contribution in [3.63, 3.8) is 0 Å². The maximum Gasteiger partial charge on any atom is 0.408 e. The molecular formula is C18H22N2O6. The Balaban J connectivity index is 1.90. The summed E-state index contributed by atoms with van der Waals surface area (Å²) >= 11 is 0. The molecule has 8 heteroatoms. The van der Waals surface area contributed by atoms with Crippen molar-refractivity contribution in [2.45, 2.75) is 51.7 Å². The largest absolute Gasteiger partial charge is 0.445 e. The SMILES string of the molecule is CCCCC(NC(=O)OCc1ccccc1)C(=O)ON1C(=O)CCC1=O. The van der Waals surface area contributed by atoms with E-state index in [4.69, 9.17) is 9.57 Å². The molecule has 0 radical (unpaired) electrons. The average molecular weight is 362 g/mol. The molecule has 0 aliphatic carbocycles. The Kier molecular flexibility index (Phi) is 7.13. The third-order valence-electron chi connectivity index (χ3n) is 3.82. The summed E-state index contributed by atoms with van der Waals surface area (Å²) < 4.78 is 5.10. The van der Waals surface area contributed by atoms with Gasteiger partial charge in [0.2, 0.25) is 0 Å². The molecule has 1 N–H and O–H groups in total. The van der Waals surface area contributed by atoms with Gasteiger partial charge in [-0.25, -0.2) is 9.59 Å². The number of hydrogen-bond donors (Lipinski definition) is 1. The quantitative estimate of drug-likeness (QED) is 0.711. The van der Waals surface area contributed by atoms with Gasteiger partial charge in [-0.2, -0.15) is 0 Å². The highest BCUT2D eigenvalue weighted by atomic mass is 16.7. The van der Waals surface area contributed by atoms with Gasteiger partial charge < -0.3 is 14.9 Å². The second-order valence-electron chi connectivity index (χ2n) is 5.89. The van der Waals surface area contributed by atoms with Crippen LogP contribution in [0.2, 0.25) is 0 Å². The topological polar surface area (TPSA) is 102 Å². The van der Waals surface area contributed by atoms with E-state index in [9.17, 15) is 19.2 Å². The van der Waals surface area contributed by atoms with E-state index in [-0.39, 0.29) is 19.4 Å². The molecule has 1 unspecified atom stereocenters. The summed E-state index contributed by atoms with van der Waals surface area (Å²) in [6.45, 7) is 1.99. The number of alkyl carbamates (subject to hydrolysis) is 1. The van der Waals surface area contributed by atoms with E-state index >= 15 is 0 Å². The van der Waals surface area contributed by atoms with Crippen LogP contribution in [0.1, 0.15) is 44.6 Å². The molecule has 1 aromatic carbocycles. The molecule has 0 spiro atoms. The standard InChI is InChI=1S/C18H22N2O6/c1-2-3-9-14(17(23)26-20-15(21)10-11-16(20)22)19-18(24)25-12-13-7-5-4-6-8-13/h4-8,14H,2-3,9-12H2,1H3,(H,19,24). The molecule has 1 aromatic rings. The van der Waals surface area contributed by atoms with Crippen LogP contribution in [0.5, 0.6) is 0 Å². The van der Waals surface area contributed by atoms with E-state index in [2.05, 4.69) is 5.32 Å². The van der Waals surface area contributed by atoms with Gasteiger partial charge in [-0.05, 0) is 12.0 Å². The number of carbonyl (C=O) groups excluding carboxylic acids is 4. The number of nitrogens with zero attached hydrogens (tertiary/aromatic N) is 1. The summed E-state index contributed by atoms with van der Waals surface area (Å²) in [5.74, 6) is -1.99. The Morgan fingerprint density at radius 1 is 1.15 bits per heavy atom. The van der Waals surface area contributed by atoms with Crippen molar-refractivity contribution >= 4 is 23.9 Å².